The fourth-order valence-corrected chi connectivity index (χ4v) is 1.75. The molecular formula is C11H15N3. The first-order chi connectivity index (χ1) is 6.58. The highest BCUT2D eigenvalue weighted by molar-refractivity contribution is 5.44. The van der Waals surface area contributed by atoms with Gasteiger partial charge in [-0.3, -0.25) is 0 Å². The van der Waals surface area contributed by atoms with Crippen LogP contribution in [0.25, 0.3) is 5.65 Å². The van der Waals surface area contributed by atoms with Gasteiger partial charge in [-0.1, -0.05) is 13.8 Å². The van der Waals surface area contributed by atoms with Crippen molar-refractivity contribution in [3.8, 4) is 0 Å². The van der Waals surface area contributed by atoms with E-state index in [1.54, 1.807) is 0 Å². The van der Waals surface area contributed by atoms with E-state index in [9.17, 15) is 0 Å². The Balaban J connectivity index is 2.70. The van der Waals surface area contributed by atoms with Crippen LogP contribution in [-0.2, 0) is 0 Å². The summed E-state index contributed by atoms with van der Waals surface area (Å²) in [5, 5.41) is 4.30. The standard InChI is InChI=1S/C11H15N3/c1-7(2)10-6-14-11(5-8(10)3)12-9(4)13-14/h5-7H,1-4H3. The Labute approximate surface area is 83.8 Å². The summed E-state index contributed by atoms with van der Waals surface area (Å²) in [6.07, 6.45) is 2.08. The molecular weight excluding hydrogens is 174 g/mol. The molecule has 0 amide bonds. The second-order valence-electron chi connectivity index (χ2n) is 4.03. The average molecular weight is 189 g/mol. The van der Waals surface area contributed by atoms with E-state index in [4.69, 9.17) is 0 Å². The Kier molecular flexibility index (Phi) is 2.02. The van der Waals surface area contributed by atoms with Gasteiger partial charge in [0.1, 0.15) is 5.82 Å². The van der Waals surface area contributed by atoms with E-state index in [1.165, 1.54) is 11.1 Å². The molecule has 2 rings (SSSR count). The molecule has 3 nitrogen and oxygen atoms in total. The molecule has 0 aliphatic heterocycles. The molecule has 0 radical (unpaired) electrons. The van der Waals surface area contributed by atoms with Crippen LogP contribution in [0.15, 0.2) is 12.3 Å². The van der Waals surface area contributed by atoms with Crippen LogP contribution in [0.2, 0.25) is 0 Å². The summed E-state index contributed by atoms with van der Waals surface area (Å²) in [6, 6.07) is 2.09. The molecule has 2 heterocycles. The third-order valence-electron chi connectivity index (χ3n) is 2.45. The van der Waals surface area contributed by atoms with E-state index in [0.717, 1.165) is 11.5 Å². The second-order valence-corrected chi connectivity index (χ2v) is 4.03. The monoisotopic (exact) mass is 189 g/mol. The minimum absolute atomic E-state index is 0.531. The summed E-state index contributed by atoms with van der Waals surface area (Å²) in [5.74, 6) is 1.36. The summed E-state index contributed by atoms with van der Waals surface area (Å²) in [7, 11) is 0. The van der Waals surface area contributed by atoms with Crippen LogP contribution in [0.1, 0.15) is 36.7 Å². The number of fused-ring (bicyclic) bond motifs is 1. The van der Waals surface area contributed by atoms with E-state index >= 15 is 0 Å². The molecule has 0 spiro atoms. The van der Waals surface area contributed by atoms with Crippen LogP contribution >= 0.6 is 0 Å². The Bertz CT molecular complexity index is 469. The smallest absolute Gasteiger partial charge is 0.155 e. The zero-order valence-corrected chi connectivity index (χ0v) is 9.07. The zero-order valence-electron chi connectivity index (χ0n) is 9.07. The SMILES string of the molecule is Cc1nc2cc(C)c(C(C)C)cn2n1. The summed E-state index contributed by atoms with van der Waals surface area (Å²) in [4.78, 5) is 4.33. The van der Waals surface area contributed by atoms with Crippen molar-refractivity contribution in [2.75, 3.05) is 0 Å². The maximum absolute atomic E-state index is 4.33. The van der Waals surface area contributed by atoms with Crippen molar-refractivity contribution >= 4 is 5.65 Å². The molecule has 14 heavy (non-hydrogen) atoms. The topological polar surface area (TPSA) is 30.2 Å². The predicted molar refractivity (Wildman–Crippen MR) is 56.6 cm³/mol. The fourth-order valence-electron chi connectivity index (χ4n) is 1.75. The number of pyridine rings is 1. The minimum Gasteiger partial charge on any atom is -0.221 e. The molecule has 2 aromatic rings. The molecule has 0 atom stereocenters. The lowest BCUT2D eigenvalue weighted by molar-refractivity contribution is 0.822. The lowest BCUT2D eigenvalue weighted by Crippen LogP contribution is -1.97. The molecule has 0 fully saturated rings. The van der Waals surface area contributed by atoms with Gasteiger partial charge in [-0.2, -0.15) is 5.10 Å². The van der Waals surface area contributed by atoms with Crippen molar-refractivity contribution in [3.63, 3.8) is 0 Å². The van der Waals surface area contributed by atoms with Gasteiger partial charge in [0.05, 0.1) is 0 Å². The van der Waals surface area contributed by atoms with Crippen LogP contribution in [0.4, 0.5) is 0 Å². The largest absolute Gasteiger partial charge is 0.221 e. The van der Waals surface area contributed by atoms with Crippen molar-refractivity contribution in [3.05, 3.63) is 29.2 Å². The maximum atomic E-state index is 4.33. The summed E-state index contributed by atoms with van der Waals surface area (Å²) in [5.41, 5.74) is 3.56. The number of aryl methyl sites for hydroxylation is 2. The normalized spacial score (nSPS) is 11.5. The number of aromatic nitrogens is 3. The highest BCUT2D eigenvalue weighted by atomic mass is 15.3. The first-order valence-corrected chi connectivity index (χ1v) is 4.91. The van der Waals surface area contributed by atoms with Crippen LogP contribution < -0.4 is 0 Å². The third-order valence-corrected chi connectivity index (χ3v) is 2.45. The van der Waals surface area contributed by atoms with Crippen LogP contribution in [0.5, 0.6) is 0 Å². The van der Waals surface area contributed by atoms with Gasteiger partial charge in [-0.05, 0) is 37.0 Å². The molecule has 0 N–H and O–H groups in total. The quantitative estimate of drug-likeness (QED) is 0.689. The lowest BCUT2D eigenvalue weighted by atomic mass is 10.0. The van der Waals surface area contributed by atoms with Gasteiger partial charge in [0.25, 0.3) is 0 Å². The second kappa shape index (κ2) is 3.08. The van der Waals surface area contributed by atoms with Crippen molar-refractivity contribution in [2.24, 2.45) is 0 Å². The van der Waals surface area contributed by atoms with Crippen LogP contribution in [-0.4, -0.2) is 14.6 Å². The predicted octanol–water partition coefficient (Wildman–Crippen LogP) is 2.47. The van der Waals surface area contributed by atoms with E-state index in [-0.39, 0.29) is 0 Å². The molecule has 0 aliphatic carbocycles. The van der Waals surface area contributed by atoms with Crippen LogP contribution in [0, 0.1) is 13.8 Å². The molecule has 3 heteroatoms. The van der Waals surface area contributed by atoms with Crippen molar-refractivity contribution in [2.45, 2.75) is 33.6 Å². The Morgan fingerprint density at radius 2 is 2.00 bits per heavy atom. The molecule has 0 unspecified atom stereocenters. The highest BCUT2D eigenvalue weighted by Crippen LogP contribution is 2.19. The van der Waals surface area contributed by atoms with Gasteiger partial charge < -0.3 is 0 Å². The van der Waals surface area contributed by atoms with E-state index in [1.807, 2.05) is 11.4 Å². The number of nitrogens with zero attached hydrogens (tertiary/aromatic N) is 3. The molecule has 2 aromatic heterocycles. The minimum atomic E-state index is 0.531. The molecule has 0 saturated carbocycles. The van der Waals surface area contributed by atoms with Crippen molar-refractivity contribution in [1.82, 2.24) is 14.6 Å². The number of rotatable bonds is 1. The molecule has 0 bridgehead atoms. The fraction of sp³-hybridized carbons (Fsp3) is 0.455. The van der Waals surface area contributed by atoms with Gasteiger partial charge >= 0.3 is 0 Å². The Morgan fingerprint density at radius 3 is 2.64 bits per heavy atom. The third kappa shape index (κ3) is 1.39. The van der Waals surface area contributed by atoms with Gasteiger partial charge in [0.15, 0.2) is 5.65 Å². The van der Waals surface area contributed by atoms with E-state index < -0.39 is 0 Å². The number of hydrogen-bond acceptors (Lipinski definition) is 2. The van der Waals surface area contributed by atoms with E-state index in [2.05, 4.69) is 43.1 Å². The van der Waals surface area contributed by atoms with Gasteiger partial charge in [0.2, 0.25) is 0 Å². The lowest BCUT2D eigenvalue weighted by Gasteiger charge is -2.08. The summed E-state index contributed by atoms with van der Waals surface area (Å²) < 4.78 is 1.86. The average Bonchev–Trinajstić information content (AvgIpc) is 2.42. The zero-order chi connectivity index (χ0) is 10.3. The molecule has 74 valence electrons. The maximum Gasteiger partial charge on any atom is 0.155 e. The first-order valence-electron chi connectivity index (χ1n) is 4.91. The van der Waals surface area contributed by atoms with Crippen molar-refractivity contribution < 1.29 is 0 Å². The van der Waals surface area contributed by atoms with Crippen molar-refractivity contribution in [1.29, 1.82) is 0 Å². The van der Waals surface area contributed by atoms with Gasteiger partial charge in [-0.25, -0.2) is 9.50 Å². The number of hydrogen-bond donors (Lipinski definition) is 0. The summed E-state index contributed by atoms with van der Waals surface area (Å²) >= 11 is 0. The Hall–Kier alpha value is -1.38. The molecule has 0 aliphatic rings. The Morgan fingerprint density at radius 1 is 1.29 bits per heavy atom. The molecule has 0 saturated heterocycles. The molecule has 0 aromatic carbocycles. The van der Waals surface area contributed by atoms with Gasteiger partial charge in [-0.15, -0.1) is 0 Å². The highest BCUT2D eigenvalue weighted by Gasteiger charge is 2.07. The van der Waals surface area contributed by atoms with E-state index in [0.29, 0.717) is 5.92 Å². The first kappa shape index (κ1) is 9.19. The van der Waals surface area contributed by atoms with Gasteiger partial charge in [0, 0.05) is 6.20 Å². The summed E-state index contributed by atoms with van der Waals surface area (Å²) in [6.45, 7) is 8.42. The van der Waals surface area contributed by atoms with Crippen LogP contribution in [0.3, 0.4) is 0 Å².